The summed E-state index contributed by atoms with van der Waals surface area (Å²) in [7, 11) is 0. The largest absolute Gasteiger partial charge is 0.326 e. The van der Waals surface area contributed by atoms with Gasteiger partial charge in [0.05, 0.1) is 11.6 Å². The molecule has 0 fully saturated rings. The first-order valence-corrected chi connectivity index (χ1v) is 3.47. The van der Waals surface area contributed by atoms with Gasteiger partial charge in [-0.25, -0.2) is 0 Å². The van der Waals surface area contributed by atoms with Crippen molar-refractivity contribution in [3.05, 3.63) is 34.9 Å². The molecule has 56 valence electrons. The highest BCUT2D eigenvalue weighted by molar-refractivity contribution is 5.39. The molecule has 0 aliphatic heterocycles. The van der Waals surface area contributed by atoms with E-state index in [4.69, 9.17) is 11.0 Å². The monoisotopic (exact) mass is 146 g/mol. The van der Waals surface area contributed by atoms with E-state index in [2.05, 4.69) is 6.07 Å². The van der Waals surface area contributed by atoms with E-state index in [1.807, 2.05) is 19.1 Å². The third-order valence-electron chi connectivity index (χ3n) is 1.60. The van der Waals surface area contributed by atoms with Gasteiger partial charge >= 0.3 is 0 Å². The summed E-state index contributed by atoms with van der Waals surface area (Å²) in [6.07, 6.45) is 0. The van der Waals surface area contributed by atoms with Crippen molar-refractivity contribution < 1.29 is 0 Å². The van der Waals surface area contributed by atoms with Crippen molar-refractivity contribution in [2.45, 2.75) is 13.5 Å². The fourth-order valence-electron chi connectivity index (χ4n) is 1.00. The van der Waals surface area contributed by atoms with Crippen LogP contribution in [0.15, 0.2) is 18.2 Å². The number of nitrogens with zero attached hydrogens (tertiary/aromatic N) is 1. The number of nitriles is 1. The standard InChI is InChI=1S/C9H10N2/c1-7-2-3-8(5-10)9(4-7)6-11/h2-4H,6,11H2,1H3. The molecule has 0 atom stereocenters. The van der Waals surface area contributed by atoms with E-state index < -0.39 is 0 Å². The molecule has 0 bridgehead atoms. The average molecular weight is 146 g/mol. The highest BCUT2D eigenvalue weighted by Crippen LogP contribution is 2.09. The van der Waals surface area contributed by atoms with Crippen LogP contribution in [-0.2, 0) is 6.54 Å². The maximum atomic E-state index is 8.63. The number of aryl methyl sites for hydroxylation is 1. The molecule has 1 rings (SSSR count). The molecule has 1 aromatic carbocycles. The van der Waals surface area contributed by atoms with Gasteiger partial charge in [-0.2, -0.15) is 5.26 Å². The Morgan fingerprint density at radius 2 is 2.27 bits per heavy atom. The van der Waals surface area contributed by atoms with Gasteiger partial charge in [0.1, 0.15) is 0 Å². The summed E-state index contributed by atoms with van der Waals surface area (Å²) in [4.78, 5) is 0. The smallest absolute Gasteiger partial charge is 0.0995 e. The molecule has 0 saturated heterocycles. The number of hydrogen-bond donors (Lipinski definition) is 1. The Morgan fingerprint density at radius 3 is 2.82 bits per heavy atom. The van der Waals surface area contributed by atoms with Crippen LogP contribution in [0, 0.1) is 18.3 Å². The predicted molar refractivity (Wildman–Crippen MR) is 43.8 cm³/mol. The van der Waals surface area contributed by atoms with Gasteiger partial charge in [0, 0.05) is 6.54 Å². The molecule has 0 heterocycles. The van der Waals surface area contributed by atoms with Gasteiger partial charge in [0.2, 0.25) is 0 Å². The summed E-state index contributed by atoms with van der Waals surface area (Å²) in [5.41, 5.74) is 8.19. The van der Waals surface area contributed by atoms with Gasteiger partial charge in [-0.05, 0) is 18.6 Å². The molecule has 0 amide bonds. The number of nitrogens with two attached hydrogens (primary N) is 1. The SMILES string of the molecule is Cc1ccc(C#N)c(CN)c1. The van der Waals surface area contributed by atoms with Crippen molar-refractivity contribution in [3.63, 3.8) is 0 Å². The second kappa shape index (κ2) is 3.18. The second-order valence-electron chi connectivity index (χ2n) is 2.48. The van der Waals surface area contributed by atoms with Gasteiger partial charge in [0.25, 0.3) is 0 Å². The van der Waals surface area contributed by atoms with Crippen LogP contribution < -0.4 is 5.73 Å². The minimum Gasteiger partial charge on any atom is -0.326 e. The van der Waals surface area contributed by atoms with Crippen molar-refractivity contribution in [3.8, 4) is 6.07 Å². The van der Waals surface area contributed by atoms with Crippen LogP contribution in [0.25, 0.3) is 0 Å². The van der Waals surface area contributed by atoms with E-state index in [1.165, 1.54) is 0 Å². The topological polar surface area (TPSA) is 49.8 Å². The molecular formula is C9H10N2. The first kappa shape index (κ1) is 7.77. The summed E-state index contributed by atoms with van der Waals surface area (Å²) in [6.45, 7) is 2.42. The van der Waals surface area contributed by atoms with Crippen LogP contribution in [0.5, 0.6) is 0 Å². The maximum absolute atomic E-state index is 8.63. The van der Waals surface area contributed by atoms with Crippen molar-refractivity contribution >= 4 is 0 Å². The van der Waals surface area contributed by atoms with E-state index in [1.54, 1.807) is 6.07 Å². The first-order chi connectivity index (χ1) is 5.27. The Bertz CT molecular complexity index is 297. The molecule has 0 aliphatic rings. The minimum atomic E-state index is 0.435. The lowest BCUT2D eigenvalue weighted by Gasteiger charge is -2.00. The van der Waals surface area contributed by atoms with Gasteiger partial charge in [-0.3, -0.25) is 0 Å². The molecule has 0 aliphatic carbocycles. The molecule has 0 spiro atoms. The zero-order valence-corrected chi connectivity index (χ0v) is 6.46. The van der Waals surface area contributed by atoms with Gasteiger partial charge in [-0.1, -0.05) is 17.7 Å². The Labute approximate surface area is 66.3 Å². The summed E-state index contributed by atoms with van der Waals surface area (Å²) >= 11 is 0. The van der Waals surface area contributed by atoms with Gasteiger partial charge in [-0.15, -0.1) is 0 Å². The van der Waals surface area contributed by atoms with Crippen LogP contribution in [0.2, 0.25) is 0 Å². The van der Waals surface area contributed by atoms with Crippen LogP contribution in [0.3, 0.4) is 0 Å². The minimum absolute atomic E-state index is 0.435. The average Bonchev–Trinajstić information content (AvgIpc) is 2.04. The Hall–Kier alpha value is -1.33. The molecule has 2 nitrogen and oxygen atoms in total. The van der Waals surface area contributed by atoms with E-state index >= 15 is 0 Å². The summed E-state index contributed by atoms with van der Waals surface area (Å²) in [5.74, 6) is 0. The third-order valence-corrected chi connectivity index (χ3v) is 1.60. The normalized spacial score (nSPS) is 9.18. The fourth-order valence-corrected chi connectivity index (χ4v) is 1.00. The highest BCUT2D eigenvalue weighted by atomic mass is 14.5. The molecule has 0 radical (unpaired) electrons. The molecular weight excluding hydrogens is 136 g/mol. The summed E-state index contributed by atoms with van der Waals surface area (Å²) in [5, 5.41) is 8.63. The Kier molecular flexibility index (Phi) is 2.25. The lowest BCUT2D eigenvalue weighted by molar-refractivity contribution is 1.06. The predicted octanol–water partition coefficient (Wildman–Crippen LogP) is 1.33. The highest BCUT2D eigenvalue weighted by Gasteiger charge is 1.98. The van der Waals surface area contributed by atoms with Crippen molar-refractivity contribution in [2.24, 2.45) is 5.73 Å². The van der Waals surface area contributed by atoms with Gasteiger partial charge < -0.3 is 5.73 Å². The number of hydrogen-bond acceptors (Lipinski definition) is 2. The van der Waals surface area contributed by atoms with E-state index in [0.717, 1.165) is 11.1 Å². The molecule has 0 aromatic heterocycles. The number of benzene rings is 1. The lowest BCUT2D eigenvalue weighted by atomic mass is 10.1. The zero-order valence-electron chi connectivity index (χ0n) is 6.46. The second-order valence-corrected chi connectivity index (χ2v) is 2.48. The van der Waals surface area contributed by atoms with Crippen molar-refractivity contribution in [1.82, 2.24) is 0 Å². The van der Waals surface area contributed by atoms with Crippen LogP contribution in [0.4, 0.5) is 0 Å². The molecule has 1 aromatic rings. The van der Waals surface area contributed by atoms with Crippen LogP contribution in [-0.4, -0.2) is 0 Å². The number of rotatable bonds is 1. The van der Waals surface area contributed by atoms with Gasteiger partial charge in [0.15, 0.2) is 0 Å². The van der Waals surface area contributed by atoms with Crippen molar-refractivity contribution in [1.29, 1.82) is 5.26 Å². The quantitative estimate of drug-likeness (QED) is 0.649. The Morgan fingerprint density at radius 1 is 1.55 bits per heavy atom. The lowest BCUT2D eigenvalue weighted by Crippen LogP contribution is -1.99. The molecule has 11 heavy (non-hydrogen) atoms. The van der Waals surface area contributed by atoms with E-state index in [0.29, 0.717) is 12.1 Å². The molecule has 2 N–H and O–H groups in total. The summed E-state index contributed by atoms with van der Waals surface area (Å²) in [6, 6.07) is 7.75. The molecule has 0 saturated carbocycles. The Balaban J connectivity index is 3.19. The molecule has 0 unspecified atom stereocenters. The first-order valence-electron chi connectivity index (χ1n) is 3.47. The third kappa shape index (κ3) is 1.57. The van der Waals surface area contributed by atoms with E-state index in [9.17, 15) is 0 Å². The fraction of sp³-hybridized carbons (Fsp3) is 0.222. The van der Waals surface area contributed by atoms with E-state index in [-0.39, 0.29) is 0 Å². The zero-order chi connectivity index (χ0) is 8.27. The summed E-state index contributed by atoms with van der Waals surface area (Å²) < 4.78 is 0. The maximum Gasteiger partial charge on any atom is 0.0995 e. The van der Waals surface area contributed by atoms with Crippen LogP contribution in [0.1, 0.15) is 16.7 Å². The van der Waals surface area contributed by atoms with Crippen molar-refractivity contribution in [2.75, 3.05) is 0 Å². The molecule has 2 heteroatoms. The van der Waals surface area contributed by atoms with Crippen LogP contribution >= 0.6 is 0 Å².